The van der Waals surface area contributed by atoms with E-state index in [9.17, 15) is 4.79 Å². The van der Waals surface area contributed by atoms with E-state index in [-0.39, 0.29) is 0 Å². The number of nitrogens with zero attached hydrogens (tertiary/aromatic N) is 5. The largest absolute Gasteiger partial charge is 0.370 e. The van der Waals surface area contributed by atoms with E-state index in [0.29, 0.717) is 11.5 Å². The van der Waals surface area contributed by atoms with Crippen LogP contribution in [0.15, 0.2) is 18.5 Å². The van der Waals surface area contributed by atoms with Crippen LogP contribution in [0.25, 0.3) is 0 Å². The lowest BCUT2D eigenvalue weighted by molar-refractivity contribution is 0.1000. The van der Waals surface area contributed by atoms with Crippen molar-refractivity contribution in [3.63, 3.8) is 0 Å². The van der Waals surface area contributed by atoms with Crippen LogP contribution >= 0.6 is 0 Å². The number of carbonyl (C=O) groups excluding carboxylic acids is 1. The third-order valence-electron chi connectivity index (χ3n) is 4.32. The van der Waals surface area contributed by atoms with E-state index in [1.807, 2.05) is 24.6 Å². The van der Waals surface area contributed by atoms with Crippen molar-refractivity contribution < 1.29 is 4.79 Å². The van der Waals surface area contributed by atoms with E-state index < -0.39 is 5.91 Å². The molecule has 2 aromatic rings. The average Bonchev–Trinajstić information content (AvgIpc) is 2.85. The van der Waals surface area contributed by atoms with Crippen molar-refractivity contribution >= 4 is 11.6 Å². The van der Waals surface area contributed by atoms with Gasteiger partial charge in [-0.15, -0.1) is 0 Å². The fraction of sp³-hybridized carbons (Fsp3) is 0.500. The molecule has 0 radical (unpaired) electrons. The quantitative estimate of drug-likeness (QED) is 0.919. The second-order valence-corrected chi connectivity index (χ2v) is 6.10. The number of aromatic nitrogens is 4. The molecule has 3 rings (SSSR count). The number of carbonyl (C=O) groups is 1. The lowest BCUT2D eigenvalue weighted by atomic mass is 9.97. The number of anilines is 1. The summed E-state index contributed by atoms with van der Waals surface area (Å²) in [6.45, 7) is 6.54. The van der Waals surface area contributed by atoms with Crippen LogP contribution in [0.1, 0.15) is 34.8 Å². The molecule has 1 saturated heterocycles. The number of rotatable bonds is 4. The van der Waals surface area contributed by atoms with Gasteiger partial charge >= 0.3 is 0 Å². The molecule has 0 aromatic carbocycles. The number of pyridine rings is 1. The maximum atomic E-state index is 11.6. The maximum absolute atomic E-state index is 11.6. The van der Waals surface area contributed by atoms with Crippen molar-refractivity contribution in [1.29, 1.82) is 0 Å². The highest BCUT2D eigenvalue weighted by atomic mass is 16.1. The standard InChI is InChI=1S/C16H22N6O/c1-11-19-12(2)22(20-11)10-13-4-3-7-21(9-13)15-5-6-18-8-14(15)16(17)23/h5-6,8,13H,3-4,7,9-10H2,1-2H3,(H2,17,23). The molecule has 0 aliphatic carbocycles. The minimum Gasteiger partial charge on any atom is -0.370 e. The van der Waals surface area contributed by atoms with Crippen LogP contribution in [0.2, 0.25) is 0 Å². The van der Waals surface area contributed by atoms with Crippen molar-refractivity contribution in [3.05, 3.63) is 35.7 Å². The molecule has 0 spiro atoms. The molecule has 1 unspecified atom stereocenters. The minimum absolute atomic E-state index is 0.432. The molecular formula is C16H22N6O. The summed E-state index contributed by atoms with van der Waals surface area (Å²) in [7, 11) is 0. The molecule has 1 atom stereocenters. The Bertz CT molecular complexity index is 710. The smallest absolute Gasteiger partial charge is 0.252 e. The zero-order chi connectivity index (χ0) is 16.4. The van der Waals surface area contributed by atoms with Gasteiger partial charge in [0.15, 0.2) is 0 Å². The maximum Gasteiger partial charge on any atom is 0.252 e. The van der Waals surface area contributed by atoms with Gasteiger partial charge in [0, 0.05) is 32.0 Å². The minimum atomic E-state index is -0.432. The van der Waals surface area contributed by atoms with Crippen molar-refractivity contribution in [2.75, 3.05) is 18.0 Å². The fourth-order valence-corrected chi connectivity index (χ4v) is 3.26. The summed E-state index contributed by atoms with van der Waals surface area (Å²) >= 11 is 0. The molecule has 2 aromatic heterocycles. The number of primary amides is 1. The van der Waals surface area contributed by atoms with E-state index in [0.717, 1.165) is 49.8 Å². The summed E-state index contributed by atoms with van der Waals surface area (Å²) in [5.41, 5.74) is 6.84. The molecule has 122 valence electrons. The Morgan fingerprint density at radius 2 is 2.26 bits per heavy atom. The highest BCUT2D eigenvalue weighted by Crippen LogP contribution is 2.26. The first-order chi connectivity index (χ1) is 11.0. The Kier molecular flexibility index (Phi) is 4.27. The molecule has 23 heavy (non-hydrogen) atoms. The lowest BCUT2D eigenvalue weighted by Crippen LogP contribution is -2.38. The van der Waals surface area contributed by atoms with Gasteiger partial charge in [0.1, 0.15) is 11.6 Å². The molecule has 1 amide bonds. The molecule has 7 heteroatoms. The summed E-state index contributed by atoms with van der Waals surface area (Å²) in [6.07, 6.45) is 5.48. The van der Waals surface area contributed by atoms with Gasteiger partial charge in [-0.1, -0.05) is 0 Å². The van der Waals surface area contributed by atoms with Crippen LogP contribution in [0.5, 0.6) is 0 Å². The number of amides is 1. The third kappa shape index (κ3) is 3.33. The predicted molar refractivity (Wildman–Crippen MR) is 87.2 cm³/mol. The molecular weight excluding hydrogens is 292 g/mol. The van der Waals surface area contributed by atoms with Crippen molar-refractivity contribution in [1.82, 2.24) is 19.7 Å². The van der Waals surface area contributed by atoms with E-state index >= 15 is 0 Å². The molecule has 2 N–H and O–H groups in total. The molecule has 1 aliphatic heterocycles. The van der Waals surface area contributed by atoms with Crippen molar-refractivity contribution in [2.45, 2.75) is 33.2 Å². The number of nitrogens with two attached hydrogens (primary N) is 1. The highest BCUT2D eigenvalue weighted by Gasteiger charge is 2.24. The first-order valence-corrected chi connectivity index (χ1v) is 7.91. The van der Waals surface area contributed by atoms with Gasteiger partial charge in [-0.3, -0.25) is 9.78 Å². The zero-order valence-corrected chi connectivity index (χ0v) is 13.6. The van der Waals surface area contributed by atoms with E-state index in [1.165, 1.54) is 0 Å². The van der Waals surface area contributed by atoms with Gasteiger partial charge in [0.05, 0.1) is 11.3 Å². The molecule has 1 aliphatic rings. The van der Waals surface area contributed by atoms with Crippen molar-refractivity contribution in [2.24, 2.45) is 11.7 Å². The number of aryl methyl sites for hydroxylation is 2. The van der Waals surface area contributed by atoms with Crippen LogP contribution in [0.3, 0.4) is 0 Å². The summed E-state index contributed by atoms with van der Waals surface area (Å²) in [5, 5.41) is 4.45. The SMILES string of the molecule is Cc1nc(C)n(CC2CCCN(c3ccncc3C(N)=O)C2)n1. The summed E-state index contributed by atoms with van der Waals surface area (Å²) < 4.78 is 1.98. The van der Waals surface area contributed by atoms with E-state index in [4.69, 9.17) is 5.73 Å². The average molecular weight is 314 g/mol. The number of piperidine rings is 1. The molecule has 3 heterocycles. The Labute approximate surface area is 135 Å². The van der Waals surface area contributed by atoms with Crippen LogP contribution in [0, 0.1) is 19.8 Å². The Morgan fingerprint density at radius 3 is 2.96 bits per heavy atom. The third-order valence-corrected chi connectivity index (χ3v) is 4.32. The monoisotopic (exact) mass is 314 g/mol. The van der Waals surface area contributed by atoms with Crippen LogP contribution < -0.4 is 10.6 Å². The second kappa shape index (κ2) is 6.36. The summed E-state index contributed by atoms with van der Waals surface area (Å²) in [4.78, 5) is 22.2. The zero-order valence-electron chi connectivity index (χ0n) is 13.6. The fourth-order valence-electron chi connectivity index (χ4n) is 3.26. The molecule has 7 nitrogen and oxygen atoms in total. The number of hydrogen-bond donors (Lipinski definition) is 1. The van der Waals surface area contributed by atoms with Gasteiger partial charge in [0.2, 0.25) is 0 Å². The normalized spacial score (nSPS) is 18.2. The first kappa shape index (κ1) is 15.5. The van der Waals surface area contributed by atoms with Crippen molar-refractivity contribution in [3.8, 4) is 0 Å². The Morgan fingerprint density at radius 1 is 1.43 bits per heavy atom. The van der Waals surface area contributed by atoms with Crippen LogP contribution in [-0.4, -0.2) is 38.7 Å². The van der Waals surface area contributed by atoms with Gasteiger partial charge in [0.25, 0.3) is 5.91 Å². The second-order valence-electron chi connectivity index (χ2n) is 6.10. The Balaban J connectivity index is 1.76. The van der Waals surface area contributed by atoms with Gasteiger partial charge in [-0.05, 0) is 38.7 Å². The predicted octanol–water partition coefficient (Wildman–Crippen LogP) is 1.31. The van der Waals surface area contributed by atoms with Gasteiger partial charge < -0.3 is 10.6 Å². The number of hydrogen-bond acceptors (Lipinski definition) is 5. The van der Waals surface area contributed by atoms with Crippen LogP contribution in [-0.2, 0) is 6.54 Å². The van der Waals surface area contributed by atoms with E-state index in [1.54, 1.807) is 12.4 Å². The molecule has 1 fully saturated rings. The van der Waals surface area contributed by atoms with Crippen LogP contribution in [0.4, 0.5) is 5.69 Å². The van der Waals surface area contributed by atoms with Gasteiger partial charge in [-0.2, -0.15) is 5.10 Å². The molecule has 0 saturated carbocycles. The highest BCUT2D eigenvalue weighted by molar-refractivity contribution is 5.98. The first-order valence-electron chi connectivity index (χ1n) is 7.91. The van der Waals surface area contributed by atoms with Gasteiger partial charge in [-0.25, -0.2) is 9.67 Å². The summed E-state index contributed by atoms with van der Waals surface area (Å²) in [6, 6.07) is 1.87. The summed E-state index contributed by atoms with van der Waals surface area (Å²) in [5.74, 6) is 1.79. The topological polar surface area (TPSA) is 89.9 Å². The molecule has 0 bridgehead atoms. The lowest BCUT2D eigenvalue weighted by Gasteiger charge is -2.35. The Hall–Kier alpha value is -2.44. The van der Waals surface area contributed by atoms with E-state index in [2.05, 4.69) is 20.0 Å².